The van der Waals surface area contributed by atoms with Crippen molar-refractivity contribution in [1.82, 2.24) is 16.0 Å². The second-order valence-corrected chi connectivity index (χ2v) is 5.17. The third kappa shape index (κ3) is 6.21. The number of aliphatic imine (C=N–C) groups is 1. The molecule has 0 radical (unpaired) electrons. The number of carbonyl (C=O) groups is 1. The van der Waals surface area contributed by atoms with E-state index < -0.39 is 0 Å². The molecule has 0 aromatic heterocycles. The Morgan fingerprint density at radius 2 is 1.77 bits per heavy atom. The van der Waals surface area contributed by atoms with E-state index in [0.717, 1.165) is 18.1 Å². The second kappa shape index (κ2) is 9.66. The van der Waals surface area contributed by atoms with E-state index in [2.05, 4.69) is 27.9 Å². The quantitative estimate of drug-likeness (QED) is 0.379. The van der Waals surface area contributed by atoms with Crippen molar-refractivity contribution in [2.75, 3.05) is 13.1 Å². The summed E-state index contributed by atoms with van der Waals surface area (Å²) >= 11 is 0. The van der Waals surface area contributed by atoms with Crippen molar-refractivity contribution in [3.05, 3.63) is 35.4 Å². The van der Waals surface area contributed by atoms with Crippen molar-refractivity contribution >= 4 is 35.8 Å². The summed E-state index contributed by atoms with van der Waals surface area (Å²) in [5.74, 6) is 0.837. The highest BCUT2D eigenvalue weighted by atomic mass is 127. The zero-order valence-corrected chi connectivity index (χ0v) is 15.5. The van der Waals surface area contributed by atoms with Crippen molar-refractivity contribution in [3.8, 4) is 0 Å². The highest BCUT2D eigenvalue weighted by Gasteiger charge is 2.21. The average Bonchev–Trinajstić information content (AvgIpc) is 3.30. The molecule has 6 heteroatoms. The Kier molecular flexibility index (Phi) is 8.22. The minimum atomic E-state index is -0.0312. The molecule has 0 heterocycles. The lowest BCUT2D eigenvalue weighted by Crippen LogP contribution is -2.38. The molecule has 0 spiro atoms. The molecule has 0 saturated heterocycles. The lowest BCUT2D eigenvalue weighted by atomic mass is 10.1. The van der Waals surface area contributed by atoms with Gasteiger partial charge < -0.3 is 16.0 Å². The van der Waals surface area contributed by atoms with E-state index in [1.165, 1.54) is 12.8 Å². The van der Waals surface area contributed by atoms with Crippen LogP contribution in [0, 0.1) is 0 Å². The Morgan fingerprint density at radius 1 is 1.14 bits per heavy atom. The largest absolute Gasteiger partial charge is 0.357 e. The molecule has 1 aromatic rings. The van der Waals surface area contributed by atoms with Crippen molar-refractivity contribution in [2.24, 2.45) is 4.99 Å². The van der Waals surface area contributed by atoms with E-state index in [4.69, 9.17) is 0 Å². The van der Waals surface area contributed by atoms with Crippen LogP contribution in [0.5, 0.6) is 0 Å². The molecule has 5 nitrogen and oxygen atoms in total. The van der Waals surface area contributed by atoms with Crippen LogP contribution in [0.1, 0.15) is 42.6 Å². The van der Waals surface area contributed by atoms with Crippen molar-refractivity contribution in [1.29, 1.82) is 0 Å². The molecular weight excluding hydrogens is 391 g/mol. The fourth-order valence-corrected chi connectivity index (χ4v) is 1.94. The zero-order valence-electron chi connectivity index (χ0n) is 13.2. The maximum absolute atomic E-state index is 11.7. The first kappa shape index (κ1) is 18.7. The molecule has 22 heavy (non-hydrogen) atoms. The first-order valence-electron chi connectivity index (χ1n) is 7.65. The highest BCUT2D eigenvalue weighted by Crippen LogP contribution is 2.18. The van der Waals surface area contributed by atoms with E-state index in [1.807, 2.05) is 31.2 Å². The number of halogens is 1. The van der Waals surface area contributed by atoms with Gasteiger partial charge in [0.15, 0.2) is 5.96 Å². The van der Waals surface area contributed by atoms with Crippen LogP contribution in [0.2, 0.25) is 0 Å². The molecule has 1 aliphatic rings. The van der Waals surface area contributed by atoms with Crippen molar-refractivity contribution in [2.45, 2.75) is 39.3 Å². The van der Waals surface area contributed by atoms with Crippen LogP contribution in [0.4, 0.5) is 0 Å². The molecule has 0 bridgehead atoms. The van der Waals surface area contributed by atoms with E-state index in [1.54, 1.807) is 0 Å². The molecule has 122 valence electrons. The fourth-order valence-electron chi connectivity index (χ4n) is 1.94. The van der Waals surface area contributed by atoms with Crippen LogP contribution in [-0.4, -0.2) is 31.0 Å². The molecule has 1 saturated carbocycles. The summed E-state index contributed by atoms with van der Waals surface area (Å²) in [5.41, 5.74) is 1.78. The molecule has 0 aliphatic heterocycles. The predicted molar refractivity (Wildman–Crippen MR) is 101 cm³/mol. The number of nitrogens with one attached hydrogen (secondary N) is 3. The molecule has 0 unspecified atom stereocenters. The molecule has 1 amide bonds. The number of benzene rings is 1. The normalized spacial score (nSPS) is 14.0. The summed E-state index contributed by atoms with van der Waals surface area (Å²) in [6, 6.07) is 8.18. The van der Waals surface area contributed by atoms with Gasteiger partial charge in [-0.15, -0.1) is 24.0 Å². The number of hydrogen-bond donors (Lipinski definition) is 3. The van der Waals surface area contributed by atoms with Gasteiger partial charge >= 0.3 is 0 Å². The van der Waals surface area contributed by atoms with Crippen LogP contribution < -0.4 is 16.0 Å². The van der Waals surface area contributed by atoms with Gasteiger partial charge in [0, 0.05) is 24.7 Å². The van der Waals surface area contributed by atoms with Crippen LogP contribution in [-0.2, 0) is 6.54 Å². The summed E-state index contributed by atoms with van der Waals surface area (Å²) in [5, 5.41) is 9.42. The summed E-state index contributed by atoms with van der Waals surface area (Å²) < 4.78 is 0. The van der Waals surface area contributed by atoms with Gasteiger partial charge in [-0.3, -0.25) is 4.79 Å². The summed E-state index contributed by atoms with van der Waals surface area (Å²) in [4.78, 5) is 16.2. The number of hydrogen-bond acceptors (Lipinski definition) is 2. The minimum absolute atomic E-state index is 0. The Labute approximate surface area is 149 Å². The SMILES string of the molecule is CCNC(=O)c1ccc(CN=C(NCC)NC2CC2)cc1.I. The highest BCUT2D eigenvalue weighted by molar-refractivity contribution is 14.0. The third-order valence-electron chi connectivity index (χ3n) is 3.24. The van der Waals surface area contributed by atoms with Crippen molar-refractivity contribution < 1.29 is 4.79 Å². The maximum Gasteiger partial charge on any atom is 0.251 e. The zero-order chi connectivity index (χ0) is 15.1. The van der Waals surface area contributed by atoms with Crippen LogP contribution >= 0.6 is 24.0 Å². The van der Waals surface area contributed by atoms with Gasteiger partial charge in [-0.2, -0.15) is 0 Å². The molecule has 3 N–H and O–H groups in total. The number of nitrogens with zero attached hydrogens (tertiary/aromatic N) is 1. The van der Waals surface area contributed by atoms with E-state index in [-0.39, 0.29) is 29.9 Å². The number of amides is 1. The van der Waals surface area contributed by atoms with E-state index >= 15 is 0 Å². The summed E-state index contributed by atoms with van der Waals surface area (Å²) in [7, 11) is 0. The summed E-state index contributed by atoms with van der Waals surface area (Å²) in [6.45, 7) is 6.08. The Balaban J connectivity index is 0.00000242. The molecular formula is C16H25IN4O. The topological polar surface area (TPSA) is 65.5 Å². The Bertz CT molecular complexity index is 497. The molecule has 0 atom stereocenters. The Hall–Kier alpha value is -1.31. The third-order valence-corrected chi connectivity index (χ3v) is 3.24. The number of carbonyl (C=O) groups excluding carboxylic acids is 1. The fraction of sp³-hybridized carbons (Fsp3) is 0.500. The van der Waals surface area contributed by atoms with Gasteiger partial charge in [0.2, 0.25) is 0 Å². The van der Waals surface area contributed by atoms with Crippen LogP contribution in [0.25, 0.3) is 0 Å². The lowest BCUT2D eigenvalue weighted by molar-refractivity contribution is 0.0956. The summed E-state index contributed by atoms with van der Waals surface area (Å²) in [6.07, 6.45) is 2.46. The maximum atomic E-state index is 11.7. The Morgan fingerprint density at radius 3 is 2.32 bits per heavy atom. The molecule has 1 fully saturated rings. The smallest absolute Gasteiger partial charge is 0.251 e. The van der Waals surface area contributed by atoms with Gasteiger partial charge in [0.05, 0.1) is 6.54 Å². The predicted octanol–water partition coefficient (Wildman–Crippen LogP) is 2.27. The van der Waals surface area contributed by atoms with Gasteiger partial charge in [-0.05, 0) is 44.4 Å². The van der Waals surface area contributed by atoms with Gasteiger partial charge in [-0.1, -0.05) is 12.1 Å². The number of rotatable bonds is 6. The number of guanidine groups is 1. The van der Waals surface area contributed by atoms with Crippen LogP contribution in [0.15, 0.2) is 29.3 Å². The van der Waals surface area contributed by atoms with E-state index in [9.17, 15) is 4.79 Å². The van der Waals surface area contributed by atoms with Gasteiger partial charge in [0.1, 0.15) is 0 Å². The first-order chi connectivity index (χ1) is 10.2. The van der Waals surface area contributed by atoms with Gasteiger partial charge in [0.25, 0.3) is 5.91 Å². The molecule has 2 rings (SSSR count). The van der Waals surface area contributed by atoms with Crippen LogP contribution in [0.3, 0.4) is 0 Å². The van der Waals surface area contributed by atoms with E-state index in [0.29, 0.717) is 24.7 Å². The lowest BCUT2D eigenvalue weighted by Gasteiger charge is -2.10. The molecule has 1 aliphatic carbocycles. The van der Waals surface area contributed by atoms with Crippen molar-refractivity contribution in [3.63, 3.8) is 0 Å². The standard InChI is InChI=1S/C16H24N4O.HI/c1-3-17-15(21)13-7-5-12(6-8-13)11-19-16(18-4-2)20-14-9-10-14;/h5-8,14H,3-4,9-11H2,1-2H3,(H,17,21)(H2,18,19,20);1H. The van der Waals surface area contributed by atoms with Gasteiger partial charge in [-0.25, -0.2) is 4.99 Å². The monoisotopic (exact) mass is 416 g/mol. The second-order valence-electron chi connectivity index (χ2n) is 5.17. The molecule has 1 aromatic carbocycles. The first-order valence-corrected chi connectivity index (χ1v) is 7.65. The minimum Gasteiger partial charge on any atom is -0.357 e. The average molecular weight is 416 g/mol.